The summed E-state index contributed by atoms with van der Waals surface area (Å²) in [6.07, 6.45) is 0. The van der Waals surface area contributed by atoms with Crippen molar-refractivity contribution in [3.05, 3.63) is 46.8 Å². The van der Waals surface area contributed by atoms with Crippen molar-refractivity contribution in [3.8, 4) is 0 Å². The van der Waals surface area contributed by atoms with E-state index in [1.54, 1.807) is 24.3 Å². The fourth-order valence-corrected chi connectivity index (χ4v) is 2.26. The first-order valence-electron chi connectivity index (χ1n) is 6.78. The van der Waals surface area contributed by atoms with Gasteiger partial charge in [-0.1, -0.05) is 24.3 Å². The summed E-state index contributed by atoms with van der Waals surface area (Å²) in [5.74, 6) is -0.873. The van der Waals surface area contributed by atoms with Crippen molar-refractivity contribution < 1.29 is 14.4 Å². The Kier molecular flexibility index (Phi) is 3.93. The first kappa shape index (κ1) is 15.0. The smallest absolute Gasteiger partial charge is 0.223 e. The lowest BCUT2D eigenvalue weighted by atomic mass is 9.89. The molecule has 0 bridgehead atoms. The molecule has 0 aromatic heterocycles. The number of nitrogens with zero attached hydrogens (tertiary/aromatic N) is 1. The highest BCUT2D eigenvalue weighted by atomic mass is 16.2. The topological polar surface area (TPSA) is 66.5 Å². The first-order valence-corrected chi connectivity index (χ1v) is 6.78. The van der Waals surface area contributed by atoms with Crippen molar-refractivity contribution in [2.24, 2.45) is 0 Å². The molecule has 0 atom stereocenters. The molecule has 0 unspecified atom stereocenters. The number of rotatable bonds is 3. The summed E-state index contributed by atoms with van der Waals surface area (Å²) in [7, 11) is 1.50. The highest BCUT2D eigenvalue weighted by molar-refractivity contribution is 6.27. The van der Waals surface area contributed by atoms with E-state index < -0.39 is 0 Å². The molecular formula is C16H18N2O3. The number of amides is 1. The molecule has 1 N–H and O–H groups in total. The molecule has 0 aliphatic heterocycles. The van der Waals surface area contributed by atoms with Crippen LogP contribution in [0.2, 0.25) is 0 Å². The number of hydrogen-bond acceptors (Lipinski definition) is 4. The van der Waals surface area contributed by atoms with Crippen LogP contribution in [-0.2, 0) is 4.79 Å². The van der Waals surface area contributed by atoms with E-state index in [2.05, 4.69) is 5.32 Å². The molecule has 21 heavy (non-hydrogen) atoms. The van der Waals surface area contributed by atoms with Gasteiger partial charge in [0, 0.05) is 31.1 Å². The molecule has 1 aliphatic rings. The number of hydrogen-bond donors (Lipinski definition) is 1. The van der Waals surface area contributed by atoms with Gasteiger partial charge in [-0.3, -0.25) is 14.4 Å². The van der Waals surface area contributed by atoms with Gasteiger partial charge in [-0.15, -0.1) is 0 Å². The number of fused-ring (bicyclic) bond motifs is 1. The van der Waals surface area contributed by atoms with Crippen molar-refractivity contribution in [2.45, 2.75) is 26.8 Å². The van der Waals surface area contributed by atoms with Gasteiger partial charge >= 0.3 is 0 Å². The lowest BCUT2D eigenvalue weighted by Crippen LogP contribution is -2.40. The molecule has 1 amide bonds. The average Bonchev–Trinajstić information content (AvgIpc) is 2.43. The number of carbonyl (C=O) groups excluding carboxylic acids is 3. The molecule has 2 rings (SSSR count). The normalized spacial score (nSPS) is 14.3. The molecule has 5 nitrogen and oxygen atoms in total. The van der Waals surface area contributed by atoms with Gasteiger partial charge in [0.1, 0.15) is 11.4 Å². The van der Waals surface area contributed by atoms with Gasteiger partial charge in [0.25, 0.3) is 0 Å². The molecule has 0 spiro atoms. The maximum absolute atomic E-state index is 12.7. The molecule has 1 aliphatic carbocycles. The third-order valence-corrected chi connectivity index (χ3v) is 3.34. The summed E-state index contributed by atoms with van der Waals surface area (Å²) < 4.78 is 0. The Balaban J connectivity index is 2.66. The highest BCUT2D eigenvalue weighted by Gasteiger charge is 2.35. The van der Waals surface area contributed by atoms with Gasteiger partial charge in [-0.2, -0.15) is 0 Å². The quantitative estimate of drug-likeness (QED) is 0.919. The molecule has 1 aromatic rings. The molecule has 0 saturated carbocycles. The molecular weight excluding hydrogens is 268 g/mol. The summed E-state index contributed by atoms with van der Waals surface area (Å²) in [6.45, 7) is 5.10. The average molecular weight is 286 g/mol. The molecule has 110 valence electrons. The Morgan fingerprint density at radius 3 is 2.10 bits per heavy atom. The van der Waals surface area contributed by atoms with E-state index in [1.807, 2.05) is 13.8 Å². The predicted molar refractivity (Wildman–Crippen MR) is 78.8 cm³/mol. The van der Waals surface area contributed by atoms with Crippen LogP contribution in [0.5, 0.6) is 0 Å². The second-order valence-corrected chi connectivity index (χ2v) is 5.30. The van der Waals surface area contributed by atoms with Crippen molar-refractivity contribution in [2.75, 3.05) is 7.05 Å². The van der Waals surface area contributed by atoms with E-state index in [1.165, 1.54) is 18.9 Å². The number of allylic oxidation sites excluding steroid dienone is 2. The van der Waals surface area contributed by atoms with Crippen LogP contribution in [0.25, 0.3) is 0 Å². The van der Waals surface area contributed by atoms with Crippen LogP contribution in [0.4, 0.5) is 0 Å². The Morgan fingerprint density at radius 1 is 1.10 bits per heavy atom. The summed E-state index contributed by atoms with van der Waals surface area (Å²) in [4.78, 5) is 38.1. The minimum atomic E-state index is -0.314. The molecule has 5 heteroatoms. The third kappa shape index (κ3) is 2.59. The van der Waals surface area contributed by atoms with Gasteiger partial charge in [0.15, 0.2) is 0 Å². The zero-order chi connectivity index (χ0) is 15.7. The summed E-state index contributed by atoms with van der Waals surface area (Å²) in [5, 5.41) is 3.00. The molecule has 0 radical (unpaired) electrons. The van der Waals surface area contributed by atoms with Crippen molar-refractivity contribution in [1.29, 1.82) is 0 Å². The van der Waals surface area contributed by atoms with E-state index in [0.29, 0.717) is 11.1 Å². The van der Waals surface area contributed by atoms with E-state index >= 15 is 0 Å². The van der Waals surface area contributed by atoms with Gasteiger partial charge < -0.3 is 10.2 Å². The summed E-state index contributed by atoms with van der Waals surface area (Å²) in [6, 6.07) is 6.63. The lowest BCUT2D eigenvalue weighted by Gasteiger charge is -2.27. The molecule has 0 saturated heterocycles. The molecule has 0 heterocycles. The zero-order valence-corrected chi connectivity index (χ0v) is 12.6. The minimum absolute atomic E-state index is 0.0302. The number of Topliss-reactive ketones (excluding diaryl/α,β-unsaturated/α-hetero) is 2. The fourth-order valence-electron chi connectivity index (χ4n) is 2.26. The van der Waals surface area contributed by atoms with Crippen molar-refractivity contribution >= 4 is 17.5 Å². The second kappa shape index (κ2) is 5.52. The number of likely N-dealkylation sites (N-methyl/N-ethyl adjacent to an activating group) is 1. The fraction of sp³-hybridized carbons (Fsp3) is 0.312. The van der Waals surface area contributed by atoms with E-state index in [9.17, 15) is 14.4 Å². The Bertz CT molecular complexity index is 659. The van der Waals surface area contributed by atoms with Crippen LogP contribution >= 0.6 is 0 Å². The van der Waals surface area contributed by atoms with Crippen LogP contribution in [-0.4, -0.2) is 35.5 Å². The monoisotopic (exact) mass is 286 g/mol. The molecule has 1 aromatic carbocycles. The standard InChI is InChI=1S/C16H18N2O3/c1-9(2)17-13-14(18(4)10(3)19)16(21)12-8-6-5-7-11(12)15(13)20/h5-9,17H,1-4H3. The highest BCUT2D eigenvalue weighted by Crippen LogP contribution is 2.27. The van der Waals surface area contributed by atoms with Crippen LogP contribution in [0.3, 0.4) is 0 Å². The third-order valence-electron chi connectivity index (χ3n) is 3.34. The summed E-state index contributed by atoms with van der Waals surface area (Å²) in [5.41, 5.74) is 0.998. The van der Waals surface area contributed by atoms with E-state index in [4.69, 9.17) is 0 Å². The number of carbonyl (C=O) groups is 3. The van der Waals surface area contributed by atoms with Gasteiger partial charge in [-0.05, 0) is 13.8 Å². The van der Waals surface area contributed by atoms with Gasteiger partial charge in [-0.25, -0.2) is 0 Å². The Morgan fingerprint density at radius 2 is 1.62 bits per heavy atom. The SMILES string of the molecule is CC(=O)N(C)C1=C(NC(C)C)C(=O)c2ccccc2C1=O. The zero-order valence-electron chi connectivity index (χ0n) is 12.6. The first-order chi connectivity index (χ1) is 9.84. The predicted octanol–water partition coefficient (Wildman–Crippen LogP) is 1.75. The number of nitrogens with one attached hydrogen (secondary N) is 1. The van der Waals surface area contributed by atoms with Crippen LogP contribution in [0.15, 0.2) is 35.7 Å². The van der Waals surface area contributed by atoms with Crippen molar-refractivity contribution in [1.82, 2.24) is 10.2 Å². The molecule has 0 fully saturated rings. The minimum Gasteiger partial charge on any atom is -0.378 e. The maximum Gasteiger partial charge on any atom is 0.223 e. The van der Waals surface area contributed by atoms with E-state index in [0.717, 1.165) is 0 Å². The van der Waals surface area contributed by atoms with Crippen molar-refractivity contribution in [3.63, 3.8) is 0 Å². The Hall–Kier alpha value is -2.43. The number of ketones is 2. The Labute approximate surface area is 123 Å². The van der Waals surface area contributed by atoms with Crippen LogP contribution in [0.1, 0.15) is 41.5 Å². The maximum atomic E-state index is 12.7. The summed E-state index contributed by atoms with van der Waals surface area (Å²) >= 11 is 0. The van der Waals surface area contributed by atoms with E-state index in [-0.39, 0.29) is 34.9 Å². The van der Waals surface area contributed by atoms with Crippen LogP contribution < -0.4 is 5.32 Å². The largest absolute Gasteiger partial charge is 0.378 e. The van der Waals surface area contributed by atoms with Crippen LogP contribution in [0, 0.1) is 0 Å². The van der Waals surface area contributed by atoms with Gasteiger partial charge in [0.05, 0.1) is 0 Å². The lowest BCUT2D eigenvalue weighted by molar-refractivity contribution is -0.125. The number of benzene rings is 1. The second-order valence-electron chi connectivity index (χ2n) is 5.30. The van der Waals surface area contributed by atoms with Gasteiger partial charge in [0.2, 0.25) is 17.5 Å².